The lowest BCUT2D eigenvalue weighted by molar-refractivity contribution is -0.0452. The normalized spacial score (nSPS) is 24.8. The maximum Gasteiger partial charge on any atom is 0.240 e. The number of nitrogens with zero attached hydrogens (tertiary/aromatic N) is 2. The molecule has 1 aliphatic rings. The maximum absolute atomic E-state index is 9.90. The van der Waals surface area contributed by atoms with Gasteiger partial charge in [0.25, 0.3) is 0 Å². The predicted molar refractivity (Wildman–Crippen MR) is 74.1 cm³/mol. The molecule has 0 saturated heterocycles. The fourth-order valence-electron chi connectivity index (χ4n) is 2.58. The molecular weight excluding hydrogens is 258 g/mol. The highest BCUT2D eigenvalue weighted by Gasteiger charge is 2.22. The Kier molecular flexibility index (Phi) is 5.94. The van der Waals surface area contributed by atoms with Crippen molar-refractivity contribution < 1.29 is 14.4 Å². The Bertz CT molecular complexity index is 397. The summed E-state index contributed by atoms with van der Waals surface area (Å²) in [6.07, 6.45) is 4.68. The van der Waals surface area contributed by atoms with E-state index in [4.69, 9.17) is 9.26 Å². The van der Waals surface area contributed by atoms with Crippen molar-refractivity contribution >= 4 is 0 Å². The van der Waals surface area contributed by atoms with Crippen LogP contribution in [0.5, 0.6) is 0 Å². The molecular formula is C14H25N3O3. The summed E-state index contributed by atoms with van der Waals surface area (Å²) in [4.78, 5) is 4.08. The highest BCUT2D eigenvalue weighted by Crippen LogP contribution is 2.26. The first-order chi connectivity index (χ1) is 9.65. The van der Waals surface area contributed by atoms with Gasteiger partial charge in [-0.1, -0.05) is 24.9 Å². The van der Waals surface area contributed by atoms with E-state index >= 15 is 0 Å². The summed E-state index contributed by atoms with van der Waals surface area (Å²) in [7, 11) is 0. The number of hydrogen-bond acceptors (Lipinski definition) is 6. The third-order valence-corrected chi connectivity index (χ3v) is 3.76. The number of aromatic nitrogens is 2. The van der Waals surface area contributed by atoms with E-state index in [2.05, 4.69) is 22.4 Å². The van der Waals surface area contributed by atoms with Crippen molar-refractivity contribution in [3.05, 3.63) is 11.7 Å². The summed E-state index contributed by atoms with van der Waals surface area (Å²) >= 11 is 0. The lowest BCUT2D eigenvalue weighted by atomic mass is 9.88. The van der Waals surface area contributed by atoms with Crippen LogP contribution in [0.2, 0.25) is 0 Å². The van der Waals surface area contributed by atoms with Gasteiger partial charge in [-0.3, -0.25) is 0 Å². The minimum Gasteiger partial charge on any atom is -0.389 e. The molecule has 2 N–H and O–H groups in total. The van der Waals surface area contributed by atoms with Gasteiger partial charge >= 0.3 is 0 Å². The van der Waals surface area contributed by atoms with Gasteiger partial charge in [-0.2, -0.15) is 4.98 Å². The van der Waals surface area contributed by atoms with Gasteiger partial charge in [0.05, 0.1) is 25.4 Å². The third-order valence-electron chi connectivity index (χ3n) is 3.76. The molecule has 0 amide bonds. The molecule has 6 nitrogen and oxygen atoms in total. The Morgan fingerprint density at radius 1 is 1.45 bits per heavy atom. The molecule has 1 aliphatic carbocycles. The molecule has 0 aromatic carbocycles. The van der Waals surface area contributed by atoms with Crippen molar-refractivity contribution in [2.24, 2.45) is 5.92 Å². The van der Waals surface area contributed by atoms with Crippen LogP contribution in [0.15, 0.2) is 4.52 Å². The van der Waals surface area contributed by atoms with Crippen LogP contribution in [-0.4, -0.2) is 40.6 Å². The number of aliphatic hydroxyl groups is 1. The Morgan fingerprint density at radius 3 is 2.95 bits per heavy atom. The van der Waals surface area contributed by atoms with Crippen LogP contribution in [0.3, 0.4) is 0 Å². The van der Waals surface area contributed by atoms with Gasteiger partial charge < -0.3 is 19.7 Å². The van der Waals surface area contributed by atoms with Gasteiger partial charge in [-0.05, 0) is 25.7 Å². The summed E-state index contributed by atoms with van der Waals surface area (Å²) in [5.74, 6) is 1.76. The Hall–Kier alpha value is -0.980. The first kappa shape index (κ1) is 15.4. The van der Waals surface area contributed by atoms with Crippen LogP contribution in [0.1, 0.15) is 44.3 Å². The molecule has 0 aliphatic heterocycles. The molecule has 3 atom stereocenters. The van der Waals surface area contributed by atoms with Crippen molar-refractivity contribution in [2.75, 3.05) is 13.2 Å². The molecule has 1 heterocycles. The van der Waals surface area contributed by atoms with Crippen LogP contribution >= 0.6 is 0 Å². The van der Waals surface area contributed by atoms with E-state index < -0.39 is 6.10 Å². The van der Waals surface area contributed by atoms with E-state index in [1.54, 1.807) is 6.92 Å². The molecule has 1 aromatic heterocycles. The van der Waals surface area contributed by atoms with Gasteiger partial charge in [0.15, 0.2) is 5.82 Å². The van der Waals surface area contributed by atoms with Gasteiger partial charge in [0, 0.05) is 6.54 Å². The summed E-state index contributed by atoms with van der Waals surface area (Å²) in [5, 5.41) is 16.7. The second-order valence-electron chi connectivity index (χ2n) is 5.65. The van der Waals surface area contributed by atoms with Gasteiger partial charge in [0.1, 0.15) is 0 Å². The van der Waals surface area contributed by atoms with Crippen molar-refractivity contribution in [3.8, 4) is 0 Å². The molecule has 1 aromatic rings. The fourth-order valence-corrected chi connectivity index (χ4v) is 2.58. The largest absolute Gasteiger partial charge is 0.389 e. The minimum absolute atomic E-state index is 0.303. The number of rotatable bonds is 7. The molecule has 0 bridgehead atoms. The lowest BCUT2D eigenvalue weighted by Gasteiger charge is -2.29. The topological polar surface area (TPSA) is 80.4 Å². The van der Waals surface area contributed by atoms with Crippen molar-refractivity contribution in [3.63, 3.8) is 0 Å². The average Bonchev–Trinajstić information content (AvgIpc) is 2.83. The molecule has 6 heteroatoms. The molecule has 20 heavy (non-hydrogen) atoms. The number of hydrogen-bond donors (Lipinski definition) is 2. The average molecular weight is 283 g/mol. The monoisotopic (exact) mass is 283 g/mol. The zero-order chi connectivity index (χ0) is 14.4. The van der Waals surface area contributed by atoms with Gasteiger partial charge in [0.2, 0.25) is 5.89 Å². The van der Waals surface area contributed by atoms with Gasteiger partial charge in [-0.15, -0.1) is 0 Å². The quantitative estimate of drug-likeness (QED) is 0.788. The highest BCUT2D eigenvalue weighted by atomic mass is 16.5. The smallest absolute Gasteiger partial charge is 0.240 e. The Balaban J connectivity index is 1.59. The number of aryl methyl sites for hydroxylation is 1. The van der Waals surface area contributed by atoms with Crippen molar-refractivity contribution in [2.45, 2.75) is 58.3 Å². The zero-order valence-electron chi connectivity index (χ0n) is 12.3. The van der Waals surface area contributed by atoms with Gasteiger partial charge in [-0.25, -0.2) is 0 Å². The van der Waals surface area contributed by atoms with Crippen LogP contribution in [0, 0.1) is 12.8 Å². The number of ether oxygens (including phenoxy) is 1. The molecule has 0 radical (unpaired) electrons. The van der Waals surface area contributed by atoms with E-state index in [9.17, 15) is 5.11 Å². The van der Waals surface area contributed by atoms with Crippen LogP contribution in [0.25, 0.3) is 0 Å². The lowest BCUT2D eigenvalue weighted by Crippen LogP contribution is -2.34. The molecule has 114 valence electrons. The van der Waals surface area contributed by atoms with Crippen molar-refractivity contribution in [1.29, 1.82) is 0 Å². The number of nitrogens with one attached hydrogen (secondary N) is 1. The zero-order valence-corrected chi connectivity index (χ0v) is 12.3. The Morgan fingerprint density at radius 2 is 2.25 bits per heavy atom. The molecule has 2 rings (SSSR count). The van der Waals surface area contributed by atoms with E-state index in [0.29, 0.717) is 43.4 Å². The van der Waals surface area contributed by atoms with Crippen LogP contribution in [-0.2, 0) is 11.3 Å². The van der Waals surface area contributed by atoms with E-state index in [1.165, 1.54) is 19.3 Å². The molecule has 0 spiro atoms. The van der Waals surface area contributed by atoms with E-state index in [-0.39, 0.29) is 0 Å². The second kappa shape index (κ2) is 7.71. The van der Waals surface area contributed by atoms with E-state index in [1.807, 2.05) is 0 Å². The van der Waals surface area contributed by atoms with Crippen molar-refractivity contribution in [1.82, 2.24) is 15.5 Å². The van der Waals surface area contributed by atoms with Crippen LogP contribution in [0.4, 0.5) is 0 Å². The fraction of sp³-hybridized carbons (Fsp3) is 0.857. The summed E-state index contributed by atoms with van der Waals surface area (Å²) in [6.45, 7) is 5.32. The molecule has 1 saturated carbocycles. The molecule has 1 fully saturated rings. The standard InChI is InChI=1S/C14H25N3O3/c1-10-5-3-4-6-13(10)19-9-12(18)7-15-8-14-16-11(2)17-20-14/h10,12-13,15,18H,3-9H2,1-2H3. The predicted octanol–water partition coefficient (Wildman–Crippen LogP) is 1.42. The summed E-state index contributed by atoms with van der Waals surface area (Å²) in [6, 6.07) is 0. The minimum atomic E-state index is -0.506. The first-order valence-corrected chi connectivity index (χ1v) is 7.44. The second-order valence-corrected chi connectivity index (χ2v) is 5.65. The van der Waals surface area contributed by atoms with E-state index in [0.717, 1.165) is 6.42 Å². The summed E-state index contributed by atoms with van der Waals surface area (Å²) < 4.78 is 10.8. The van der Waals surface area contributed by atoms with Crippen LogP contribution < -0.4 is 5.32 Å². The Labute approximate surface area is 119 Å². The third kappa shape index (κ3) is 4.85. The summed E-state index contributed by atoms with van der Waals surface area (Å²) in [5.41, 5.74) is 0. The maximum atomic E-state index is 9.90. The highest BCUT2D eigenvalue weighted by molar-refractivity contribution is 4.82. The SMILES string of the molecule is Cc1noc(CNCC(O)COC2CCCCC2C)n1. The molecule has 3 unspecified atom stereocenters. The first-order valence-electron chi connectivity index (χ1n) is 7.44. The number of aliphatic hydroxyl groups excluding tert-OH is 1.